The summed E-state index contributed by atoms with van der Waals surface area (Å²) in [4.78, 5) is 0.343. The summed E-state index contributed by atoms with van der Waals surface area (Å²) in [5.74, 6) is 0.704. The van der Waals surface area contributed by atoms with Gasteiger partial charge in [-0.2, -0.15) is 0 Å². The fourth-order valence-corrected chi connectivity index (χ4v) is 2.17. The van der Waals surface area contributed by atoms with E-state index in [2.05, 4.69) is 0 Å². The zero-order valence-corrected chi connectivity index (χ0v) is 11.7. The molecule has 1 unspecified atom stereocenters. The molecule has 0 radical (unpaired) electrons. The third kappa shape index (κ3) is 4.45. The van der Waals surface area contributed by atoms with Gasteiger partial charge in [-0.25, -0.2) is 0 Å². The molecule has 5 heteroatoms. The molecule has 1 aromatic rings. The lowest BCUT2D eigenvalue weighted by molar-refractivity contribution is 0.00852. The van der Waals surface area contributed by atoms with Crippen molar-refractivity contribution in [2.24, 2.45) is 5.73 Å². The predicted octanol–water partition coefficient (Wildman–Crippen LogP) is 1.90. The predicted molar refractivity (Wildman–Crippen MR) is 77.6 cm³/mol. The highest BCUT2D eigenvalue weighted by Crippen LogP contribution is 2.17. The Morgan fingerprint density at radius 2 is 2.21 bits per heavy atom. The van der Waals surface area contributed by atoms with Crippen LogP contribution in [0.25, 0.3) is 0 Å². The van der Waals surface area contributed by atoms with Gasteiger partial charge in [-0.1, -0.05) is 24.4 Å². The first kappa shape index (κ1) is 14.2. The molecule has 1 aliphatic rings. The number of rotatable bonds is 7. The van der Waals surface area contributed by atoms with Crippen molar-refractivity contribution in [1.82, 2.24) is 0 Å². The van der Waals surface area contributed by atoms with Gasteiger partial charge in [-0.05, 0) is 25.0 Å². The summed E-state index contributed by atoms with van der Waals surface area (Å²) < 4.78 is 16.6. The molecule has 0 saturated carbocycles. The van der Waals surface area contributed by atoms with Crippen LogP contribution in [0.5, 0.6) is 5.75 Å². The lowest BCUT2D eigenvalue weighted by Crippen LogP contribution is -2.18. The molecule has 0 amide bonds. The maximum Gasteiger partial charge on any atom is 0.129 e. The van der Waals surface area contributed by atoms with Gasteiger partial charge in [0, 0.05) is 6.61 Å². The molecule has 2 N–H and O–H groups in total. The average molecular weight is 281 g/mol. The second-order valence-electron chi connectivity index (χ2n) is 4.42. The Morgan fingerprint density at radius 1 is 1.37 bits per heavy atom. The Morgan fingerprint density at radius 3 is 2.95 bits per heavy atom. The SMILES string of the molecule is NC(=S)c1ccccc1OCCOCC1CCCO1. The number of ether oxygens (including phenoxy) is 3. The smallest absolute Gasteiger partial charge is 0.129 e. The molecule has 1 fully saturated rings. The highest BCUT2D eigenvalue weighted by molar-refractivity contribution is 7.80. The van der Waals surface area contributed by atoms with E-state index in [4.69, 9.17) is 32.2 Å². The molecule has 1 heterocycles. The van der Waals surface area contributed by atoms with Crippen LogP contribution in [0.2, 0.25) is 0 Å². The van der Waals surface area contributed by atoms with E-state index in [1.54, 1.807) is 0 Å². The topological polar surface area (TPSA) is 53.7 Å². The van der Waals surface area contributed by atoms with Crippen molar-refractivity contribution in [1.29, 1.82) is 0 Å². The Balaban J connectivity index is 1.69. The molecule has 0 bridgehead atoms. The van der Waals surface area contributed by atoms with Gasteiger partial charge in [0.25, 0.3) is 0 Å². The van der Waals surface area contributed by atoms with Crippen molar-refractivity contribution < 1.29 is 14.2 Å². The van der Waals surface area contributed by atoms with E-state index in [1.165, 1.54) is 0 Å². The normalized spacial score (nSPS) is 18.4. The number of benzene rings is 1. The molecule has 0 spiro atoms. The number of hydrogen-bond acceptors (Lipinski definition) is 4. The van der Waals surface area contributed by atoms with Gasteiger partial charge in [-0.15, -0.1) is 0 Å². The molecule has 0 aromatic heterocycles. The Bertz CT molecular complexity index is 419. The zero-order chi connectivity index (χ0) is 13.5. The number of thiocarbonyl (C=S) groups is 1. The molecule has 0 aliphatic carbocycles. The fraction of sp³-hybridized carbons (Fsp3) is 0.500. The first-order chi connectivity index (χ1) is 9.27. The van der Waals surface area contributed by atoms with E-state index in [-0.39, 0.29) is 6.10 Å². The van der Waals surface area contributed by atoms with Gasteiger partial charge in [0.1, 0.15) is 17.3 Å². The second-order valence-corrected chi connectivity index (χ2v) is 4.86. The number of hydrogen-bond donors (Lipinski definition) is 1. The summed E-state index contributed by atoms with van der Waals surface area (Å²) >= 11 is 4.97. The molecule has 104 valence electrons. The largest absolute Gasteiger partial charge is 0.490 e. The molecule has 1 aromatic carbocycles. The third-order valence-electron chi connectivity index (χ3n) is 2.97. The highest BCUT2D eigenvalue weighted by atomic mass is 32.1. The van der Waals surface area contributed by atoms with Crippen LogP contribution in [0, 0.1) is 0 Å². The van der Waals surface area contributed by atoms with E-state index in [9.17, 15) is 0 Å². The summed E-state index contributed by atoms with van der Waals surface area (Å²) in [6.45, 7) is 2.50. The summed E-state index contributed by atoms with van der Waals surface area (Å²) in [5.41, 5.74) is 6.39. The van der Waals surface area contributed by atoms with Crippen LogP contribution in [0.1, 0.15) is 18.4 Å². The summed E-state index contributed by atoms with van der Waals surface area (Å²) in [6.07, 6.45) is 2.47. The van der Waals surface area contributed by atoms with Crippen LogP contribution in [0.4, 0.5) is 0 Å². The van der Waals surface area contributed by atoms with Crippen molar-refractivity contribution in [2.45, 2.75) is 18.9 Å². The Labute approximate surface area is 118 Å². The molecule has 19 heavy (non-hydrogen) atoms. The third-order valence-corrected chi connectivity index (χ3v) is 3.19. The monoisotopic (exact) mass is 281 g/mol. The van der Waals surface area contributed by atoms with Crippen LogP contribution < -0.4 is 10.5 Å². The van der Waals surface area contributed by atoms with Gasteiger partial charge in [0.2, 0.25) is 0 Å². The summed E-state index contributed by atoms with van der Waals surface area (Å²) in [6, 6.07) is 7.49. The minimum atomic E-state index is 0.254. The minimum absolute atomic E-state index is 0.254. The number of nitrogens with two attached hydrogens (primary N) is 1. The van der Waals surface area contributed by atoms with Gasteiger partial charge in [-0.3, -0.25) is 0 Å². The first-order valence-corrected chi connectivity index (χ1v) is 6.89. The van der Waals surface area contributed by atoms with Gasteiger partial charge in [0.05, 0.1) is 24.9 Å². The van der Waals surface area contributed by atoms with E-state index < -0.39 is 0 Å². The molecule has 2 rings (SSSR count). The van der Waals surface area contributed by atoms with Gasteiger partial charge < -0.3 is 19.9 Å². The van der Waals surface area contributed by atoms with Crippen molar-refractivity contribution in [3.8, 4) is 5.75 Å². The van der Waals surface area contributed by atoms with Gasteiger partial charge in [0.15, 0.2) is 0 Å². The molecular weight excluding hydrogens is 262 g/mol. The summed E-state index contributed by atoms with van der Waals surface area (Å²) in [5, 5.41) is 0. The second kappa shape index (κ2) is 7.43. The quantitative estimate of drug-likeness (QED) is 0.611. The Hall–Kier alpha value is -1.17. The van der Waals surface area contributed by atoms with Crippen molar-refractivity contribution >= 4 is 17.2 Å². The van der Waals surface area contributed by atoms with Crippen LogP contribution in [0.15, 0.2) is 24.3 Å². The average Bonchev–Trinajstić information content (AvgIpc) is 2.92. The van der Waals surface area contributed by atoms with Gasteiger partial charge >= 0.3 is 0 Å². The molecule has 1 saturated heterocycles. The Kier molecular flexibility index (Phi) is 5.57. The zero-order valence-electron chi connectivity index (χ0n) is 10.8. The lowest BCUT2D eigenvalue weighted by Gasteiger charge is -2.12. The molecule has 1 atom stereocenters. The van der Waals surface area contributed by atoms with Crippen LogP contribution in [-0.2, 0) is 9.47 Å². The first-order valence-electron chi connectivity index (χ1n) is 6.48. The van der Waals surface area contributed by atoms with E-state index in [1.807, 2.05) is 24.3 Å². The maximum absolute atomic E-state index is 5.63. The minimum Gasteiger partial charge on any atom is -0.490 e. The van der Waals surface area contributed by atoms with Crippen LogP contribution in [-0.4, -0.2) is 37.5 Å². The van der Waals surface area contributed by atoms with Crippen molar-refractivity contribution in [3.05, 3.63) is 29.8 Å². The van der Waals surface area contributed by atoms with Crippen LogP contribution in [0.3, 0.4) is 0 Å². The highest BCUT2D eigenvalue weighted by Gasteiger charge is 2.15. The van der Waals surface area contributed by atoms with Crippen molar-refractivity contribution in [3.63, 3.8) is 0 Å². The van der Waals surface area contributed by atoms with E-state index in [0.29, 0.717) is 30.6 Å². The molecular formula is C14H19NO3S. The fourth-order valence-electron chi connectivity index (χ4n) is 2.00. The number of para-hydroxylation sites is 1. The molecule has 4 nitrogen and oxygen atoms in total. The van der Waals surface area contributed by atoms with Crippen LogP contribution >= 0.6 is 12.2 Å². The van der Waals surface area contributed by atoms with Crippen molar-refractivity contribution in [2.75, 3.05) is 26.4 Å². The standard InChI is InChI=1S/C14H19NO3S/c15-14(19)12-5-1-2-6-13(12)18-9-8-16-10-11-4-3-7-17-11/h1-2,5-6,11H,3-4,7-10H2,(H2,15,19). The lowest BCUT2D eigenvalue weighted by atomic mass is 10.2. The summed E-state index contributed by atoms with van der Waals surface area (Å²) in [7, 11) is 0. The maximum atomic E-state index is 5.63. The molecule has 1 aliphatic heterocycles. The van der Waals surface area contributed by atoms with E-state index in [0.717, 1.165) is 25.0 Å². The van der Waals surface area contributed by atoms with E-state index >= 15 is 0 Å².